The second-order valence-electron chi connectivity index (χ2n) is 4.38. The molecule has 1 N–H and O–H groups in total. The molecule has 3 nitrogen and oxygen atoms in total. The monoisotopic (exact) mass is 287 g/mol. The zero-order valence-corrected chi connectivity index (χ0v) is 11.9. The van der Waals surface area contributed by atoms with Crippen LogP contribution >= 0.6 is 0 Å². The summed E-state index contributed by atoms with van der Waals surface area (Å²) in [6, 6.07) is 19.0. The van der Waals surface area contributed by atoms with Crippen LogP contribution in [0.5, 0.6) is 0 Å². The van der Waals surface area contributed by atoms with E-state index in [2.05, 4.69) is 5.32 Å². The van der Waals surface area contributed by atoms with E-state index in [0.29, 0.717) is 12.3 Å². The van der Waals surface area contributed by atoms with Crippen LogP contribution in [0.4, 0.5) is 0 Å². The average molecular weight is 287 g/mol. The van der Waals surface area contributed by atoms with Gasteiger partial charge in [0.25, 0.3) is 0 Å². The van der Waals surface area contributed by atoms with Gasteiger partial charge in [-0.2, -0.15) is 0 Å². The number of amides is 1. The van der Waals surface area contributed by atoms with Gasteiger partial charge in [0.2, 0.25) is 5.91 Å². The summed E-state index contributed by atoms with van der Waals surface area (Å²) in [4.78, 5) is 12.5. The Hall–Kier alpha value is -1.94. The molecule has 1 amide bonds. The summed E-state index contributed by atoms with van der Waals surface area (Å²) in [5, 5.41) is 2.83. The lowest BCUT2D eigenvalue weighted by Gasteiger charge is -2.05. The molecule has 0 heterocycles. The topological polar surface area (TPSA) is 46.2 Å². The maximum absolute atomic E-state index is 12.0. The summed E-state index contributed by atoms with van der Waals surface area (Å²) in [6.45, 7) is 0.512. The Balaban J connectivity index is 1.74. The van der Waals surface area contributed by atoms with E-state index in [0.717, 1.165) is 10.5 Å². The molecule has 0 aliphatic heterocycles. The van der Waals surface area contributed by atoms with E-state index in [-0.39, 0.29) is 12.3 Å². The minimum absolute atomic E-state index is 0.0712. The zero-order valence-electron chi connectivity index (χ0n) is 11.1. The molecule has 2 aromatic rings. The molecule has 2 aromatic carbocycles. The first kappa shape index (κ1) is 14.5. The van der Waals surface area contributed by atoms with Gasteiger partial charge in [-0.15, -0.1) is 0 Å². The highest BCUT2D eigenvalue weighted by molar-refractivity contribution is 7.85. The predicted molar refractivity (Wildman–Crippen MR) is 80.6 cm³/mol. The fraction of sp³-hybridized carbons (Fsp3) is 0.188. The Kier molecular flexibility index (Phi) is 5.50. The molecular formula is C16H17NO2S. The SMILES string of the molecule is O=C(CCS(=O)c1ccccc1)NCc1ccccc1. The van der Waals surface area contributed by atoms with Gasteiger partial charge in [-0.1, -0.05) is 48.5 Å². The zero-order chi connectivity index (χ0) is 14.2. The standard InChI is InChI=1S/C16H17NO2S/c18-16(17-13-14-7-3-1-4-8-14)11-12-20(19)15-9-5-2-6-10-15/h1-10H,11-13H2,(H,17,18). The average Bonchev–Trinajstić information content (AvgIpc) is 2.52. The van der Waals surface area contributed by atoms with Gasteiger partial charge in [0.1, 0.15) is 0 Å². The van der Waals surface area contributed by atoms with E-state index >= 15 is 0 Å². The summed E-state index contributed by atoms with van der Waals surface area (Å²) in [7, 11) is -1.11. The fourth-order valence-electron chi connectivity index (χ4n) is 1.76. The van der Waals surface area contributed by atoms with Gasteiger partial charge < -0.3 is 5.32 Å². The van der Waals surface area contributed by atoms with Crippen molar-refractivity contribution in [2.24, 2.45) is 0 Å². The van der Waals surface area contributed by atoms with Gasteiger partial charge in [-0.05, 0) is 17.7 Å². The third kappa shape index (κ3) is 4.63. The van der Waals surface area contributed by atoms with E-state index in [9.17, 15) is 9.00 Å². The highest BCUT2D eigenvalue weighted by Gasteiger charge is 2.07. The third-order valence-electron chi connectivity index (χ3n) is 2.85. The molecule has 0 aromatic heterocycles. The first-order valence-electron chi connectivity index (χ1n) is 6.50. The minimum Gasteiger partial charge on any atom is -0.352 e. The van der Waals surface area contributed by atoms with Gasteiger partial charge in [0.15, 0.2) is 0 Å². The summed E-state index contributed by atoms with van der Waals surface area (Å²) in [6.07, 6.45) is 0.272. The van der Waals surface area contributed by atoms with Crippen molar-refractivity contribution < 1.29 is 9.00 Å². The van der Waals surface area contributed by atoms with Crippen LogP contribution < -0.4 is 5.32 Å². The quantitative estimate of drug-likeness (QED) is 0.887. The van der Waals surface area contributed by atoms with Crippen LogP contribution in [0.3, 0.4) is 0 Å². The Morgan fingerprint density at radius 1 is 0.950 bits per heavy atom. The number of carbonyl (C=O) groups is 1. The Morgan fingerprint density at radius 3 is 2.20 bits per heavy atom. The Bertz CT molecular complexity index is 570. The van der Waals surface area contributed by atoms with E-state index in [1.165, 1.54) is 0 Å². The minimum atomic E-state index is -1.11. The Labute approximate surface area is 121 Å². The molecule has 2 rings (SSSR count). The molecule has 0 aliphatic rings. The number of benzene rings is 2. The molecule has 20 heavy (non-hydrogen) atoms. The number of hydrogen-bond donors (Lipinski definition) is 1. The molecular weight excluding hydrogens is 270 g/mol. The molecule has 0 aliphatic carbocycles. The molecule has 0 spiro atoms. The van der Waals surface area contributed by atoms with E-state index in [4.69, 9.17) is 0 Å². The lowest BCUT2D eigenvalue weighted by atomic mass is 10.2. The molecule has 0 fully saturated rings. The first-order chi connectivity index (χ1) is 9.75. The number of nitrogens with one attached hydrogen (secondary N) is 1. The van der Waals surface area contributed by atoms with Gasteiger partial charge in [-0.25, -0.2) is 0 Å². The van der Waals surface area contributed by atoms with E-state index in [1.54, 1.807) is 0 Å². The fourth-order valence-corrected chi connectivity index (χ4v) is 2.83. The van der Waals surface area contributed by atoms with Crippen molar-refractivity contribution in [3.63, 3.8) is 0 Å². The van der Waals surface area contributed by atoms with Crippen LogP contribution in [0.25, 0.3) is 0 Å². The van der Waals surface area contributed by atoms with Crippen molar-refractivity contribution in [1.82, 2.24) is 5.32 Å². The van der Waals surface area contributed by atoms with Crippen molar-refractivity contribution in [3.05, 3.63) is 66.2 Å². The lowest BCUT2D eigenvalue weighted by Crippen LogP contribution is -2.24. The summed E-state index contributed by atoms with van der Waals surface area (Å²) in [5.74, 6) is 0.281. The summed E-state index contributed by atoms with van der Waals surface area (Å²) >= 11 is 0. The van der Waals surface area contributed by atoms with Crippen LogP contribution in [0.1, 0.15) is 12.0 Å². The molecule has 0 saturated heterocycles. The largest absolute Gasteiger partial charge is 0.352 e. The third-order valence-corrected chi connectivity index (χ3v) is 4.23. The maximum Gasteiger partial charge on any atom is 0.221 e. The van der Waals surface area contributed by atoms with Gasteiger partial charge >= 0.3 is 0 Å². The maximum atomic E-state index is 12.0. The molecule has 4 heteroatoms. The highest BCUT2D eigenvalue weighted by atomic mass is 32.2. The van der Waals surface area contributed by atoms with E-state index in [1.807, 2.05) is 60.7 Å². The van der Waals surface area contributed by atoms with Crippen LogP contribution in [-0.4, -0.2) is 15.9 Å². The van der Waals surface area contributed by atoms with Crippen molar-refractivity contribution in [1.29, 1.82) is 0 Å². The Morgan fingerprint density at radius 2 is 1.55 bits per heavy atom. The lowest BCUT2D eigenvalue weighted by molar-refractivity contribution is -0.120. The van der Waals surface area contributed by atoms with E-state index < -0.39 is 10.8 Å². The molecule has 0 saturated carbocycles. The molecule has 0 radical (unpaired) electrons. The van der Waals surface area contributed by atoms with Crippen LogP contribution in [0.2, 0.25) is 0 Å². The van der Waals surface area contributed by atoms with Crippen molar-refractivity contribution in [2.45, 2.75) is 17.9 Å². The second kappa shape index (κ2) is 7.60. The number of hydrogen-bond acceptors (Lipinski definition) is 2. The van der Waals surface area contributed by atoms with Crippen molar-refractivity contribution in [2.75, 3.05) is 5.75 Å². The number of rotatable bonds is 6. The summed E-state index contributed by atoms with van der Waals surface area (Å²) in [5.41, 5.74) is 1.06. The predicted octanol–water partition coefficient (Wildman–Crippen LogP) is 2.50. The smallest absolute Gasteiger partial charge is 0.221 e. The number of carbonyl (C=O) groups excluding carboxylic acids is 1. The molecule has 104 valence electrons. The highest BCUT2D eigenvalue weighted by Crippen LogP contribution is 2.06. The first-order valence-corrected chi connectivity index (χ1v) is 7.81. The van der Waals surface area contributed by atoms with Gasteiger partial charge in [-0.3, -0.25) is 9.00 Å². The van der Waals surface area contributed by atoms with Crippen LogP contribution in [0, 0.1) is 0 Å². The van der Waals surface area contributed by atoms with Crippen molar-refractivity contribution >= 4 is 16.7 Å². The van der Waals surface area contributed by atoms with Crippen molar-refractivity contribution in [3.8, 4) is 0 Å². The molecule has 1 unspecified atom stereocenters. The normalized spacial score (nSPS) is 11.8. The molecule has 1 atom stereocenters. The van der Waals surface area contributed by atoms with Gasteiger partial charge in [0, 0.05) is 23.6 Å². The van der Waals surface area contributed by atoms with Crippen LogP contribution in [0.15, 0.2) is 65.6 Å². The van der Waals surface area contributed by atoms with Crippen LogP contribution in [-0.2, 0) is 22.1 Å². The summed E-state index contributed by atoms with van der Waals surface area (Å²) < 4.78 is 12.0. The van der Waals surface area contributed by atoms with Gasteiger partial charge in [0.05, 0.1) is 10.8 Å². The second-order valence-corrected chi connectivity index (χ2v) is 5.95. The molecule has 0 bridgehead atoms.